The summed E-state index contributed by atoms with van der Waals surface area (Å²) in [6.45, 7) is 0.905. The van der Waals surface area contributed by atoms with Crippen molar-refractivity contribution in [2.45, 2.75) is 12.6 Å². The summed E-state index contributed by atoms with van der Waals surface area (Å²) in [4.78, 5) is 8.54. The van der Waals surface area contributed by atoms with E-state index in [2.05, 4.69) is 16.0 Å². The van der Waals surface area contributed by atoms with Gasteiger partial charge in [0.1, 0.15) is 24.2 Å². The number of aliphatic imine (C=N–C) groups is 1. The van der Waals surface area contributed by atoms with Crippen molar-refractivity contribution in [1.82, 2.24) is 9.99 Å². The van der Waals surface area contributed by atoms with Crippen molar-refractivity contribution in [3.05, 3.63) is 42.1 Å². The summed E-state index contributed by atoms with van der Waals surface area (Å²) in [6, 6.07) is 3.90. The zero-order valence-electron chi connectivity index (χ0n) is 13.3. The first-order valence-electron chi connectivity index (χ1n) is 7.48. The summed E-state index contributed by atoms with van der Waals surface area (Å²) in [6.07, 6.45) is 8.58. The van der Waals surface area contributed by atoms with Crippen LogP contribution >= 0.6 is 0 Å². The number of nitrogens with two attached hydrogens (primary N) is 1. The monoisotopic (exact) mass is 326 g/mol. The van der Waals surface area contributed by atoms with Crippen LogP contribution in [0.15, 0.2) is 47.1 Å². The number of hydrogen-bond acceptors (Lipinski definition) is 8. The number of nitriles is 1. The maximum absolute atomic E-state index is 8.89. The van der Waals surface area contributed by atoms with Gasteiger partial charge in [-0.1, -0.05) is 0 Å². The highest BCUT2D eigenvalue weighted by Crippen LogP contribution is 2.35. The number of ether oxygens (including phenoxy) is 2. The highest BCUT2D eigenvalue weighted by Gasteiger charge is 2.32. The molecule has 8 nitrogen and oxygen atoms in total. The van der Waals surface area contributed by atoms with Crippen LogP contribution in [0.3, 0.4) is 0 Å². The molecule has 0 aliphatic carbocycles. The van der Waals surface area contributed by atoms with Gasteiger partial charge in [0.15, 0.2) is 5.82 Å². The fourth-order valence-electron chi connectivity index (χ4n) is 2.49. The fourth-order valence-corrected chi connectivity index (χ4v) is 2.49. The third kappa shape index (κ3) is 3.08. The summed E-state index contributed by atoms with van der Waals surface area (Å²) < 4.78 is 10.8. The second-order valence-electron chi connectivity index (χ2n) is 5.19. The Hall–Kier alpha value is -2.89. The maximum atomic E-state index is 8.89. The van der Waals surface area contributed by atoms with Gasteiger partial charge in [-0.15, -0.1) is 0 Å². The van der Waals surface area contributed by atoms with E-state index in [0.29, 0.717) is 24.8 Å². The lowest BCUT2D eigenvalue weighted by atomic mass is 10.2. The van der Waals surface area contributed by atoms with E-state index in [1.54, 1.807) is 31.8 Å². The lowest BCUT2D eigenvalue weighted by Crippen LogP contribution is -2.45. The van der Waals surface area contributed by atoms with E-state index in [0.717, 1.165) is 11.3 Å². The van der Waals surface area contributed by atoms with Crippen LogP contribution < -0.4 is 15.5 Å². The van der Waals surface area contributed by atoms with E-state index in [-0.39, 0.29) is 6.42 Å². The van der Waals surface area contributed by atoms with Gasteiger partial charge >= 0.3 is 0 Å². The van der Waals surface area contributed by atoms with Crippen molar-refractivity contribution in [2.75, 3.05) is 25.3 Å². The molecule has 2 N–H and O–H groups in total. The van der Waals surface area contributed by atoms with Gasteiger partial charge < -0.3 is 15.2 Å². The molecule has 3 heterocycles. The predicted molar refractivity (Wildman–Crippen MR) is 88.8 cm³/mol. The summed E-state index contributed by atoms with van der Waals surface area (Å²) in [5.41, 5.74) is 7.77. The van der Waals surface area contributed by atoms with Gasteiger partial charge in [-0.2, -0.15) is 5.26 Å². The van der Waals surface area contributed by atoms with Crippen LogP contribution in [0, 0.1) is 11.3 Å². The predicted octanol–water partition coefficient (Wildman–Crippen LogP) is 1.15. The minimum Gasteiger partial charge on any atom is -0.489 e. The van der Waals surface area contributed by atoms with Crippen LogP contribution in [0.5, 0.6) is 5.75 Å². The molecule has 124 valence electrons. The third-order valence-electron chi connectivity index (χ3n) is 3.56. The maximum Gasteiger partial charge on any atom is 0.150 e. The van der Waals surface area contributed by atoms with Gasteiger partial charge in [0, 0.05) is 37.4 Å². The lowest BCUT2D eigenvalue weighted by molar-refractivity contribution is 0.146. The Kier molecular flexibility index (Phi) is 4.74. The quantitative estimate of drug-likeness (QED) is 0.783. The van der Waals surface area contributed by atoms with Crippen molar-refractivity contribution in [1.29, 1.82) is 5.26 Å². The zero-order valence-corrected chi connectivity index (χ0v) is 13.3. The van der Waals surface area contributed by atoms with E-state index >= 15 is 0 Å². The van der Waals surface area contributed by atoms with Crippen LogP contribution in [-0.2, 0) is 4.74 Å². The molecule has 1 atom stereocenters. The Labute approximate surface area is 140 Å². The molecule has 0 amide bonds. The van der Waals surface area contributed by atoms with Crippen LogP contribution in [-0.4, -0.2) is 42.7 Å². The minimum absolute atomic E-state index is 0.278. The summed E-state index contributed by atoms with van der Waals surface area (Å²) in [7, 11) is 1.62. The SMILES string of the molecule is COCCOc1ccncc1N1C(N)C=C2N=CC(CC#N)=CN21. The molecule has 0 fully saturated rings. The van der Waals surface area contributed by atoms with Crippen molar-refractivity contribution in [3.8, 4) is 11.8 Å². The number of nitrogens with zero attached hydrogens (tertiary/aromatic N) is 5. The number of allylic oxidation sites excluding steroid dienone is 1. The molecule has 0 spiro atoms. The Morgan fingerprint density at radius 3 is 3.08 bits per heavy atom. The molecular weight excluding hydrogens is 308 g/mol. The molecule has 2 aliphatic rings. The van der Waals surface area contributed by atoms with Crippen LogP contribution in [0.2, 0.25) is 0 Å². The first-order valence-corrected chi connectivity index (χ1v) is 7.48. The number of fused-ring (bicyclic) bond motifs is 1. The standard InChI is InChI=1S/C16H18N6O2/c1-23-6-7-24-14-3-5-19-10-13(14)22-15(18)8-16-20-9-12(2-4-17)11-21(16)22/h3,5,8-11,15H,2,6-7,18H2,1H3. The highest BCUT2D eigenvalue weighted by atomic mass is 16.5. The first kappa shape index (κ1) is 16.0. The van der Waals surface area contributed by atoms with E-state index in [1.807, 2.05) is 22.3 Å². The molecule has 0 saturated heterocycles. The average Bonchev–Trinajstić information content (AvgIpc) is 2.91. The molecule has 1 aromatic rings. The number of methoxy groups -OCH3 is 1. The lowest BCUT2D eigenvalue weighted by Gasteiger charge is -2.34. The van der Waals surface area contributed by atoms with Crippen LogP contribution in [0.1, 0.15) is 6.42 Å². The second-order valence-corrected chi connectivity index (χ2v) is 5.19. The fraction of sp³-hybridized carbons (Fsp3) is 0.312. The Balaban J connectivity index is 1.89. The zero-order chi connectivity index (χ0) is 16.9. The van der Waals surface area contributed by atoms with Crippen molar-refractivity contribution in [2.24, 2.45) is 10.7 Å². The van der Waals surface area contributed by atoms with E-state index in [4.69, 9.17) is 20.5 Å². The average molecular weight is 326 g/mol. The number of hydrogen-bond donors (Lipinski definition) is 1. The highest BCUT2D eigenvalue weighted by molar-refractivity contribution is 5.81. The van der Waals surface area contributed by atoms with Gasteiger partial charge in [-0.25, -0.2) is 10.0 Å². The largest absolute Gasteiger partial charge is 0.489 e. The molecule has 0 bridgehead atoms. The van der Waals surface area contributed by atoms with Crippen molar-refractivity contribution < 1.29 is 9.47 Å². The summed E-state index contributed by atoms with van der Waals surface area (Å²) in [5, 5.41) is 12.5. The summed E-state index contributed by atoms with van der Waals surface area (Å²) in [5.74, 6) is 1.35. The molecule has 0 aromatic carbocycles. The normalized spacial score (nSPS) is 18.8. The van der Waals surface area contributed by atoms with Gasteiger partial charge in [-0.3, -0.25) is 9.99 Å². The molecule has 0 radical (unpaired) electrons. The van der Waals surface area contributed by atoms with Gasteiger partial charge in [0.2, 0.25) is 0 Å². The Morgan fingerprint density at radius 2 is 2.29 bits per heavy atom. The van der Waals surface area contributed by atoms with Crippen LogP contribution in [0.25, 0.3) is 0 Å². The smallest absolute Gasteiger partial charge is 0.150 e. The molecule has 2 aliphatic heterocycles. The summed E-state index contributed by atoms with van der Waals surface area (Å²) >= 11 is 0. The molecule has 3 rings (SSSR count). The molecule has 0 saturated carbocycles. The first-order chi connectivity index (χ1) is 11.7. The molecule has 1 aromatic heterocycles. The van der Waals surface area contributed by atoms with Crippen molar-refractivity contribution in [3.63, 3.8) is 0 Å². The molecular formula is C16H18N6O2. The van der Waals surface area contributed by atoms with E-state index < -0.39 is 6.17 Å². The van der Waals surface area contributed by atoms with E-state index in [9.17, 15) is 0 Å². The Bertz CT molecular complexity index is 736. The second kappa shape index (κ2) is 7.12. The molecule has 1 unspecified atom stereocenters. The van der Waals surface area contributed by atoms with Gasteiger partial charge in [0.25, 0.3) is 0 Å². The van der Waals surface area contributed by atoms with Crippen LogP contribution in [0.4, 0.5) is 5.69 Å². The number of aromatic nitrogens is 1. The number of pyridine rings is 1. The van der Waals surface area contributed by atoms with Crippen molar-refractivity contribution >= 4 is 11.9 Å². The molecule has 8 heteroatoms. The van der Waals surface area contributed by atoms with Gasteiger partial charge in [-0.05, 0) is 6.08 Å². The minimum atomic E-state index is -0.413. The molecule has 24 heavy (non-hydrogen) atoms. The number of anilines is 1. The van der Waals surface area contributed by atoms with Gasteiger partial charge in [0.05, 0.1) is 25.3 Å². The number of rotatable bonds is 6. The third-order valence-corrected chi connectivity index (χ3v) is 3.56. The Morgan fingerprint density at radius 1 is 1.42 bits per heavy atom. The topological polar surface area (TPSA) is 100 Å². The number of hydrazine groups is 1. The van der Waals surface area contributed by atoms with E-state index in [1.165, 1.54) is 0 Å².